The number of sulfone groups is 1. The van der Waals surface area contributed by atoms with Crippen molar-refractivity contribution in [1.29, 1.82) is 0 Å². The molecule has 0 amide bonds. The topological polar surface area (TPSA) is 52.0 Å². The van der Waals surface area contributed by atoms with Gasteiger partial charge in [0, 0.05) is 6.04 Å². The summed E-state index contributed by atoms with van der Waals surface area (Å²) in [5.41, 5.74) is 3.01. The van der Waals surface area contributed by atoms with Crippen LogP contribution in [-0.4, -0.2) is 29.5 Å². The second-order valence-corrected chi connectivity index (χ2v) is 7.93. The van der Waals surface area contributed by atoms with Gasteiger partial charge in [0.15, 0.2) is 9.84 Å². The molecule has 2 aromatic rings. The molecular weight excluding hydrogens is 296 g/mol. The molecule has 0 N–H and O–H groups in total. The second-order valence-electron chi connectivity index (χ2n) is 5.43. The fourth-order valence-corrected chi connectivity index (χ4v) is 4.82. The molecule has 4 nitrogen and oxygen atoms in total. The van der Waals surface area contributed by atoms with Crippen molar-refractivity contribution in [3.8, 4) is 0 Å². The van der Waals surface area contributed by atoms with Crippen molar-refractivity contribution in [1.82, 2.24) is 9.55 Å². The zero-order valence-corrected chi connectivity index (χ0v) is 12.9. The number of aryl methyl sites for hydroxylation is 1. The Hall–Kier alpha value is -1.07. The van der Waals surface area contributed by atoms with E-state index in [-0.39, 0.29) is 11.8 Å². The second kappa shape index (κ2) is 5.04. The van der Waals surface area contributed by atoms with Crippen molar-refractivity contribution < 1.29 is 8.42 Å². The molecule has 0 radical (unpaired) electrons. The van der Waals surface area contributed by atoms with Crippen molar-refractivity contribution >= 4 is 32.5 Å². The van der Waals surface area contributed by atoms with Crippen LogP contribution in [0, 0.1) is 6.92 Å². The molecule has 108 valence electrons. The quantitative estimate of drug-likeness (QED) is 0.801. The van der Waals surface area contributed by atoms with E-state index in [1.807, 2.05) is 23.6 Å². The fourth-order valence-electron chi connectivity index (χ4n) is 2.96. The van der Waals surface area contributed by atoms with Gasteiger partial charge in [0.25, 0.3) is 0 Å². The number of hydrogen-bond acceptors (Lipinski definition) is 3. The summed E-state index contributed by atoms with van der Waals surface area (Å²) < 4.78 is 25.8. The smallest absolute Gasteiger partial charge is 0.152 e. The monoisotopic (exact) mass is 312 g/mol. The first-order valence-corrected chi connectivity index (χ1v) is 9.09. The standard InChI is InChI=1S/C14H17ClN2O2S/c1-10-4-5-12-13(7-10)17(14(8-15)16-12)11-3-2-6-20(18,19)9-11/h4-5,7,11H,2-3,6,8-9H2,1H3. The van der Waals surface area contributed by atoms with Gasteiger partial charge in [0.05, 0.1) is 28.4 Å². The third-order valence-corrected chi connectivity index (χ3v) is 5.88. The number of fused-ring (bicyclic) bond motifs is 1. The van der Waals surface area contributed by atoms with E-state index in [0.717, 1.165) is 28.8 Å². The van der Waals surface area contributed by atoms with Crippen LogP contribution < -0.4 is 0 Å². The van der Waals surface area contributed by atoms with Crippen LogP contribution in [-0.2, 0) is 15.7 Å². The first-order chi connectivity index (χ1) is 9.50. The number of halogens is 1. The number of nitrogens with zero attached hydrogens (tertiary/aromatic N) is 2. The average Bonchev–Trinajstić information content (AvgIpc) is 2.75. The number of imidazole rings is 1. The molecule has 0 bridgehead atoms. The molecule has 1 fully saturated rings. The van der Waals surface area contributed by atoms with E-state index in [2.05, 4.69) is 11.1 Å². The highest BCUT2D eigenvalue weighted by Gasteiger charge is 2.28. The molecule has 1 unspecified atom stereocenters. The van der Waals surface area contributed by atoms with Crippen LogP contribution in [0.2, 0.25) is 0 Å². The molecule has 1 aromatic carbocycles. The largest absolute Gasteiger partial charge is 0.323 e. The Bertz CT molecular complexity index is 752. The van der Waals surface area contributed by atoms with E-state index in [4.69, 9.17) is 11.6 Å². The van der Waals surface area contributed by atoms with E-state index < -0.39 is 9.84 Å². The highest BCUT2D eigenvalue weighted by atomic mass is 35.5. The average molecular weight is 313 g/mol. The number of alkyl halides is 1. The maximum atomic E-state index is 11.9. The van der Waals surface area contributed by atoms with Crippen molar-refractivity contribution in [3.63, 3.8) is 0 Å². The molecule has 1 aliphatic heterocycles. The van der Waals surface area contributed by atoms with E-state index in [1.165, 1.54) is 0 Å². The lowest BCUT2D eigenvalue weighted by Crippen LogP contribution is -2.28. The Morgan fingerprint density at radius 3 is 2.95 bits per heavy atom. The SMILES string of the molecule is Cc1ccc2nc(CCl)n(C3CCCS(=O)(=O)C3)c2c1. The Labute approximate surface area is 123 Å². The van der Waals surface area contributed by atoms with Crippen LogP contribution >= 0.6 is 11.6 Å². The molecule has 2 heterocycles. The number of hydrogen-bond donors (Lipinski definition) is 0. The number of benzene rings is 1. The van der Waals surface area contributed by atoms with Gasteiger partial charge in [0.2, 0.25) is 0 Å². The summed E-state index contributed by atoms with van der Waals surface area (Å²) >= 11 is 6.00. The highest BCUT2D eigenvalue weighted by Crippen LogP contribution is 2.30. The lowest BCUT2D eigenvalue weighted by molar-refractivity contribution is 0.471. The predicted octanol–water partition coefficient (Wildman–Crippen LogP) is 2.83. The number of rotatable bonds is 2. The van der Waals surface area contributed by atoms with Crippen molar-refractivity contribution in [2.24, 2.45) is 0 Å². The van der Waals surface area contributed by atoms with E-state index in [1.54, 1.807) is 0 Å². The van der Waals surface area contributed by atoms with Crippen molar-refractivity contribution in [2.45, 2.75) is 31.7 Å². The van der Waals surface area contributed by atoms with Gasteiger partial charge in [0.1, 0.15) is 5.82 Å². The van der Waals surface area contributed by atoms with Crippen LogP contribution in [0.15, 0.2) is 18.2 Å². The van der Waals surface area contributed by atoms with Gasteiger partial charge < -0.3 is 4.57 Å². The molecular formula is C14H17ClN2O2S. The first kappa shape index (κ1) is 13.9. The summed E-state index contributed by atoms with van der Waals surface area (Å²) in [6.07, 6.45) is 1.57. The molecule has 1 atom stereocenters. The van der Waals surface area contributed by atoms with E-state index in [0.29, 0.717) is 18.1 Å². The van der Waals surface area contributed by atoms with Gasteiger partial charge in [-0.25, -0.2) is 13.4 Å². The molecule has 0 aliphatic carbocycles. The molecule has 6 heteroatoms. The fraction of sp³-hybridized carbons (Fsp3) is 0.500. The number of aromatic nitrogens is 2. The third kappa shape index (κ3) is 2.44. The molecule has 3 rings (SSSR count). The first-order valence-electron chi connectivity index (χ1n) is 6.74. The zero-order chi connectivity index (χ0) is 14.3. The van der Waals surface area contributed by atoms with Gasteiger partial charge >= 0.3 is 0 Å². The van der Waals surface area contributed by atoms with Gasteiger partial charge in [-0.15, -0.1) is 11.6 Å². The minimum Gasteiger partial charge on any atom is -0.323 e. The lowest BCUT2D eigenvalue weighted by atomic mass is 10.1. The van der Waals surface area contributed by atoms with Crippen LogP contribution in [0.5, 0.6) is 0 Å². The minimum absolute atomic E-state index is 0.0469. The lowest BCUT2D eigenvalue weighted by Gasteiger charge is -2.25. The maximum absolute atomic E-state index is 11.9. The molecule has 20 heavy (non-hydrogen) atoms. The normalized spacial score (nSPS) is 22.2. The molecule has 1 aliphatic rings. The molecule has 1 saturated heterocycles. The highest BCUT2D eigenvalue weighted by molar-refractivity contribution is 7.91. The Kier molecular flexibility index (Phi) is 3.50. The summed E-state index contributed by atoms with van der Waals surface area (Å²) in [5, 5.41) is 0. The zero-order valence-electron chi connectivity index (χ0n) is 11.3. The summed E-state index contributed by atoms with van der Waals surface area (Å²) in [6, 6.07) is 5.98. The maximum Gasteiger partial charge on any atom is 0.152 e. The van der Waals surface area contributed by atoms with Crippen LogP contribution in [0.25, 0.3) is 11.0 Å². The van der Waals surface area contributed by atoms with Crippen LogP contribution in [0.4, 0.5) is 0 Å². The summed E-state index contributed by atoms with van der Waals surface area (Å²) in [7, 11) is -2.95. The molecule has 0 saturated carbocycles. The van der Waals surface area contributed by atoms with Crippen LogP contribution in [0.1, 0.15) is 30.3 Å². The Balaban J connectivity index is 2.16. The molecule has 1 aromatic heterocycles. The Morgan fingerprint density at radius 1 is 1.45 bits per heavy atom. The van der Waals surface area contributed by atoms with Crippen molar-refractivity contribution in [3.05, 3.63) is 29.6 Å². The van der Waals surface area contributed by atoms with Crippen molar-refractivity contribution in [2.75, 3.05) is 11.5 Å². The van der Waals surface area contributed by atoms with E-state index in [9.17, 15) is 8.42 Å². The minimum atomic E-state index is -2.95. The predicted molar refractivity (Wildman–Crippen MR) is 81.0 cm³/mol. The van der Waals surface area contributed by atoms with Crippen LogP contribution in [0.3, 0.4) is 0 Å². The van der Waals surface area contributed by atoms with Gasteiger partial charge in [-0.05, 0) is 37.5 Å². The molecule has 0 spiro atoms. The van der Waals surface area contributed by atoms with Gasteiger partial charge in [-0.2, -0.15) is 0 Å². The third-order valence-electron chi connectivity index (χ3n) is 3.84. The van der Waals surface area contributed by atoms with Gasteiger partial charge in [-0.3, -0.25) is 0 Å². The Morgan fingerprint density at radius 2 is 2.25 bits per heavy atom. The summed E-state index contributed by atoms with van der Waals surface area (Å²) in [6.45, 7) is 2.02. The van der Waals surface area contributed by atoms with Gasteiger partial charge in [-0.1, -0.05) is 6.07 Å². The van der Waals surface area contributed by atoms with E-state index >= 15 is 0 Å². The summed E-state index contributed by atoms with van der Waals surface area (Å²) in [4.78, 5) is 4.53. The summed E-state index contributed by atoms with van der Waals surface area (Å²) in [5.74, 6) is 1.54.